The van der Waals surface area contributed by atoms with Gasteiger partial charge in [-0.05, 0) is 20.8 Å². The maximum Gasteiger partial charge on any atom is 0.386 e. The maximum atomic E-state index is 16.3. The van der Waals surface area contributed by atoms with Gasteiger partial charge in [-0.25, -0.2) is 37.9 Å². The Hall–Kier alpha value is -2.29. The number of carbonyl (C=O) groups excluding carboxylic acids is 1. The molecule has 2 N–H and O–H groups in total. The summed E-state index contributed by atoms with van der Waals surface area (Å²) in [4.78, 5) is 29.3. The van der Waals surface area contributed by atoms with Crippen molar-refractivity contribution in [1.29, 1.82) is 0 Å². The number of hydrogen-bond acceptors (Lipinski definition) is 15. The van der Waals surface area contributed by atoms with Gasteiger partial charge in [0, 0.05) is 24.4 Å². The van der Waals surface area contributed by atoms with Crippen molar-refractivity contribution in [2.75, 3.05) is 18.5 Å². The average Bonchev–Trinajstić information content (AvgIpc) is 3.75. The maximum absolute atomic E-state index is 16.3. The smallest absolute Gasteiger partial charge is 0.386 e. The van der Waals surface area contributed by atoms with Crippen LogP contribution in [0.5, 0.6) is 0 Å². The van der Waals surface area contributed by atoms with Crippen LogP contribution in [0.4, 0.5) is 20.4 Å². The highest BCUT2D eigenvalue weighted by molar-refractivity contribution is 8.44. The van der Waals surface area contributed by atoms with Crippen molar-refractivity contribution in [3.8, 4) is 0 Å². The van der Waals surface area contributed by atoms with Crippen molar-refractivity contribution in [3.05, 3.63) is 30.2 Å². The monoisotopic (exact) mass is 765 g/mol. The van der Waals surface area contributed by atoms with Gasteiger partial charge in [-0.1, -0.05) is 24.5 Å². The Morgan fingerprint density at radius 1 is 1.00 bits per heavy atom. The zero-order chi connectivity index (χ0) is 35.0. The number of hydrogen-bond donors (Lipinski definition) is 4. The van der Waals surface area contributed by atoms with E-state index in [-0.39, 0.29) is 29.0 Å². The number of aromatic nitrogens is 5. The molecule has 0 saturated carbocycles. The predicted molar refractivity (Wildman–Crippen MR) is 174 cm³/mol. The summed E-state index contributed by atoms with van der Waals surface area (Å²) in [6.07, 6.45) is -7.94. The highest BCUT2D eigenvalue weighted by Crippen LogP contribution is 2.60. The van der Waals surface area contributed by atoms with Crippen molar-refractivity contribution >= 4 is 72.9 Å². The number of alkyl halides is 1. The molecule has 0 radical (unpaired) electrons. The second kappa shape index (κ2) is 12.7. The first-order valence-corrected chi connectivity index (χ1v) is 20.3. The molecule has 49 heavy (non-hydrogen) atoms. The molecule has 23 heteroatoms. The molecule has 7 rings (SSSR count). The summed E-state index contributed by atoms with van der Waals surface area (Å²) in [7, 11) is 0. The van der Waals surface area contributed by atoms with Crippen LogP contribution < -0.4 is 5.32 Å². The van der Waals surface area contributed by atoms with Crippen LogP contribution in [0.15, 0.2) is 23.8 Å². The number of imidazole rings is 1. The molecule has 266 valence electrons. The van der Waals surface area contributed by atoms with E-state index >= 15 is 4.39 Å². The van der Waals surface area contributed by atoms with Gasteiger partial charge in [0.2, 0.25) is 0 Å². The Morgan fingerprint density at radius 2 is 1.67 bits per heavy atom. The number of nitrogens with one attached hydrogen (secondary N) is 1. The van der Waals surface area contributed by atoms with Crippen molar-refractivity contribution in [2.24, 2.45) is 4.99 Å². The first-order valence-electron chi connectivity index (χ1n) is 14.9. The Bertz CT molecular complexity index is 1930. The number of rotatable bonds is 3. The van der Waals surface area contributed by atoms with Crippen molar-refractivity contribution < 1.29 is 55.4 Å². The van der Waals surface area contributed by atoms with Crippen LogP contribution in [0.2, 0.25) is 0 Å². The standard InChI is InChI=1S/C26H31F2N7O10P2S2/c1-26(2,3)33-21-17-23(31-9-30-21)35(10-32-17)24-16(28)19-14(43-24)8-41-47(39,49)45-20-18(37)13(7-40-46(38,48)44-19)42-25(20)34-6-11(27)15-12(36)4-5-29-22(15)34/h5-6,9-10,13-14,16,18-20,24-25,37H,4,7-8H2,1-3H3,(H,38,48)(H,39,49)(H,30,31,33)/t13-,14-,16-,18-,19-,20-,24-,25-,46?,47?/m1/s1. The van der Waals surface area contributed by atoms with E-state index in [1.807, 2.05) is 20.8 Å². The number of aliphatic hydroxyl groups is 1. The van der Waals surface area contributed by atoms with E-state index in [1.165, 1.54) is 23.4 Å². The highest BCUT2D eigenvalue weighted by atomic mass is 32.7. The molecule has 0 amide bonds. The number of anilines is 1. The third-order valence-corrected chi connectivity index (χ3v) is 11.3. The fourth-order valence-corrected chi connectivity index (χ4v) is 8.89. The molecule has 10 atom stereocenters. The molecule has 2 bridgehead atoms. The molecule has 2 unspecified atom stereocenters. The summed E-state index contributed by atoms with van der Waals surface area (Å²) in [6.45, 7) is -4.49. The number of thiol groups is 2. The molecule has 17 nitrogen and oxygen atoms in total. The van der Waals surface area contributed by atoms with Crippen LogP contribution in [0.3, 0.4) is 0 Å². The molecule has 0 aromatic carbocycles. The van der Waals surface area contributed by atoms with Gasteiger partial charge in [-0.2, -0.15) is 0 Å². The minimum absolute atomic E-state index is 0.124. The molecule has 0 aliphatic carbocycles. The normalized spacial score (nSPS) is 36.9. The lowest BCUT2D eigenvalue weighted by Gasteiger charge is -2.27. The molecule has 4 aliphatic rings. The SMILES string of the molecule is CC(C)(C)Nc1ncnc2c1ncn2[C@@H]1O[C@@H]2COP(=O)(S)O[C@@H]3[C@H](O)[C@@H](COP(=O)(S)O[C@H]2[C@H]1F)O[C@H]3n1cc(F)c2c1N=CCC2=O. The lowest BCUT2D eigenvalue weighted by atomic mass is 10.1. The zero-order valence-corrected chi connectivity index (χ0v) is 29.5. The van der Waals surface area contributed by atoms with Gasteiger partial charge in [0.05, 0.1) is 25.1 Å². The summed E-state index contributed by atoms with van der Waals surface area (Å²) < 4.78 is 94.6. The first kappa shape index (κ1) is 35.1. The number of aliphatic hydroxyl groups excluding tert-OH is 1. The summed E-state index contributed by atoms with van der Waals surface area (Å²) in [6, 6.07) is 0. The minimum Gasteiger partial charge on any atom is -0.387 e. The van der Waals surface area contributed by atoms with Gasteiger partial charge in [0.25, 0.3) is 0 Å². The Balaban J connectivity index is 1.18. The minimum atomic E-state index is -4.47. The van der Waals surface area contributed by atoms with Crippen LogP contribution in [0.25, 0.3) is 11.2 Å². The van der Waals surface area contributed by atoms with Gasteiger partial charge in [0.1, 0.15) is 42.7 Å². The van der Waals surface area contributed by atoms with E-state index in [0.29, 0.717) is 11.3 Å². The highest BCUT2D eigenvalue weighted by Gasteiger charge is 2.54. The van der Waals surface area contributed by atoms with Crippen LogP contribution in [0.1, 0.15) is 50.0 Å². The lowest BCUT2D eigenvalue weighted by Crippen LogP contribution is -2.35. The Labute approximate surface area is 287 Å². The Kier molecular flexibility index (Phi) is 9.13. The van der Waals surface area contributed by atoms with Gasteiger partial charge in [-0.15, -0.1) is 0 Å². The summed E-state index contributed by atoms with van der Waals surface area (Å²) in [5, 5.41) is 14.4. The topological polar surface area (TPSA) is 200 Å². The van der Waals surface area contributed by atoms with E-state index < -0.39 is 87.6 Å². The number of halogens is 2. The van der Waals surface area contributed by atoms with E-state index in [1.54, 1.807) is 0 Å². The molecule has 3 saturated heterocycles. The third-order valence-electron chi connectivity index (χ3n) is 8.02. The fourth-order valence-electron chi connectivity index (χ4n) is 5.94. The van der Waals surface area contributed by atoms with Crippen LogP contribution >= 0.6 is 38.1 Å². The number of nitrogens with zero attached hydrogens (tertiary/aromatic N) is 6. The summed E-state index contributed by atoms with van der Waals surface area (Å²) >= 11 is 8.08. The Morgan fingerprint density at radius 3 is 2.39 bits per heavy atom. The van der Waals surface area contributed by atoms with E-state index in [0.717, 1.165) is 10.8 Å². The molecule has 7 heterocycles. The zero-order valence-electron chi connectivity index (χ0n) is 25.9. The molecule has 3 fully saturated rings. The predicted octanol–water partition coefficient (Wildman–Crippen LogP) is 4.35. The summed E-state index contributed by atoms with van der Waals surface area (Å²) in [5.41, 5.74) is -0.151. The van der Waals surface area contributed by atoms with Crippen LogP contribution in [-0.2, 0) is 36.7 Å². The lowest BCUT2D eigenvalue weighted by molar-refractivity contribution is -0.0573. The molecule has 4 aliphatic heterocycles. The van der Waals surface area contributed by atoms with Gasteiger partial charge in [0.15, 0.2) is 47.2 Å². The van der Waals surface area contributed by atoms with Crippen molar-refractivity contribution in [1.82, 2.24) is 24.1 Å². The van der Waals surface area contributed by atoms with Crippen LogP contribution in [0, 0.1) is 5.82 Å². The second-order valence-electron chi connectivity index (χ2n) is 12.7. The second-order valence-corrected chi connectivity index (χ2v) is 18.4. The van der Waals surface area contributed by atoms with E-state index in [2.05, 4.69) is 49.8 Å². The van der Waals surface area contributed by atoms with E-state index in [4.69, 9.17) is 27.6 Å². The molecule has 0 spiro atoms. The average molecular weight is 766 g/mol. The van der Waals surface area contributed by atoms with Crippen molar-refractivity contribution in [3.63, 3.8) is 0 Å². The van der Waals surface area contributed by atoms with Gasteiger partial charge < -0.3 is 24.5 Å². The van der Waals surface area contributed by atoms with Crippen LogP contribution in [-0.4, -0.2) is 96.6 Å². The van der Waals surface area contributed by atoms with Gasteiger partial charge >= 0.3 is 13.6 Å². The quantitative estimate of drug-likeness (QED) is 0.217. The number of ketones is 1. The molecule has 3 aromatic heterocycles. The third kappa shape index (κ3) is 6.75. The van der Waals surface area contributed by atoms with Gasteiger partial charge in [-0.3, -0.25) is 27.5 Å². The fraction of sp³-hybridized carbons (Fsp3) is 0.577. The molecular weight excluding hydrogens is 734 g/mol. The largest absolute Gasteiger partial charge is 0.387 e. The van der Waals surface area contributed by atoms with E-state index in [9.17, 15) is 23.4 Å². The first-order chi connectivity index (χ1) is 23.0. The number of ether oxygens (including phenoxy) is 2. The molecular formula is C26H31F2N7O10P2S2. The number of aliphatic imine (C=N–C) groups is 1. The number of carbonyl (C=O) groups is 1. The summed E-state index contributed by atoms with van der Waals surface area (Å²) in [5.74, 6) is -1.17. The number of Topliss-reactive ketones (excluding diaryl/α,β-unsaturated/α-hetero) is 1. The van der Waals surface area contributed by atoms with Crippen molar-refractivity contribution in [2.45, 2.75) is 81.9 Å². The number of fused-ring (bicyclic) bond motifs is 5. The molecule has 3 aromatic rings.